The molecule has 0 saturated carbocycles. The highest BCUT2D eigenvalue weighted by Crippen LogP contribution is 2.35. The van der Waals surface area contributed by atoms with Crippen LogP contribution in [-0.2, 0) is 16.0 Å². The van der Waals surface area contributed by atoms with Crippen LogP contribution >= 0.6 is 0 Å². The molecule has 0 bridgehead atoms. The molecule has 172 valence electrons. The number of nitrogens with one attached hydrogen (secondary N) is 2. The number of ether oxygens (including phenoxy) is 1. The van der Waals surface area contributed by atoms with E-state index in [1.54, 1.807) is 7.11 Å². The molecule has 2 N–H and O–H groups in total. The highest BCUT2D eigenvalue weighted by atomic mass is 16.5. The third-order valence-electron chi connectivity index (χ3n) is 6.76. The van der Waals surface area contributed by atoms with Crippen LogP contribution in [0.3, 0.4) is 0 Å². The van der Waals surface area contributed by atoms with Crippen LogP contribution in [0.25, 0.3) is 10.8 Å². The minimum atomic E-state index is -0.406. The Bertz CT molecular complexity index is 1130. The lowest BCUT2D eigenvalue weighted by Crippen LogP contribution is -2.44. The SMILES string of the molecule is COc1ccc(C[C@@]2(CCC(=O)NC[C@H](C)c3ccccc3)CCC(=O)N2)c2ccccc12. The van der Waals surface area contributed by atoms with Crippen LogP contribution in [0.15, 0.2) is 66.7 Å². The monoisotopic (exact) mass is 444 g/mol. The largest absolute Gasteiger partial charge is 0.496 e. The molecular formula is C28H32N2O3. The molecule has 0 spiro atoms. The zero-order chi connectivity index (χ0) is 23.3. The number of benzene rings is 3. The van der Waals surface area contributed by atoms with E-state index in [1.807, 2.05) is 36.4 Å². The summed E-state index contributed by atoms with van der Waals surface area (Å²) in [6.07, 6.45) is 2.93. The van der Waals surface area contributed by atoms with E-state index in [9.17, 15) is 9.59 Å². The van der Waals surface area contributed by atoms with E-state index in [2.05, 4.69) is 47.9 Å². The summed E-state index contributed by atoms with van der Waals surface area (Å²) >= 11 is 0. The van der Waals surface area contributed by atoms with Crippen LogP contribution in [0.4, 0.5) is 0 Å². The lowest BCUT2D eigenvalue weighted by molar-refractivity contribution is -0.122. The number of rotatable bonds is 9. The molecule has 5 nitrogen and oxygen atoms in total. The summed E-state index contributed by atoms with van der Waals surface area (Å²) in [6.45, 7) is 2.72. The molecule has 0 unspecified atom stereocenters. The summed E-state index contributed by atoms with van der Waals surface area (Å²) in [5, 5.41) is 8.46. The Morgan fingerprint density at radius 1 is 1.06 bits per heavy atom. The fourth-order valence-corrected chi connectivity index (χ4v) is 4.82. The summed E-state index contributed by atoms with van der Waals surface area (Å²) in [4.78, 5) is 24.9. The number of fused-ring (bicyclic) bond motifs is 1. The van der Waals surface area contributed by atoms with Gasteiger partial charge in [-0.2, -0.15) is 0 Å². The van der Waals surface area contributed by atoms with Crippen LogP contribution in [0.2, 0.25) is 0 Å². The number of carbonyl (C=O) groups excluding carboxylic acids is 2. The first kappa shape index (κ1) is 22.8. The minimum absolute atomic E-state index is 0.0258. The lowest BCUT2D eigenvalue weighted by atomic mass is 9.83. The van der Waals surface area contributed by atoms with E-state index in [-0.39, 0.29) is 17.7 Å². The minimum Gasteiger partial charge on any atom is -0.496 e. The molecule has 4 rings (SSSR count). The van der Waals surface area contributed by atoms with Gasteiger partial charge in [0.05, 0.1) is 7.11 Å². The maximum absolute atomic E-state index is 12.7. The van der Waals surface area contributed by atoms with Crippen molar-refractivity contribution in [1.29, 1.82) is 0 Å². The van der Waals surface area contributed by atoms with Crippen molar-refractivity contribution in [1.82, 2.24) is 10.6 Å². The molecule has 1 fully saturated rings. The predicted molar refractivity (Wildman–Crippen MR) is 131 cm³/mol. The zero-order valence-corrected chi connectivity index (χ0v) is 19.4. The first-order chi connectivity index (χ1) is 16.0. The van der Waals surface area contributed by atoms with Gasteiger partial charge in [-0.3, -0.25) is 9.59 Å². The maximum atomic E-state index is 12.7. The standard InChI is InChI=1S/C28H32N2O3/c1-20(21-8-4-3-5-9-21)19-29-26(31)14-16-28(17-15-27(32)30-28)18-22-12-13-25(33-2)24-11-7-6-10-23(22)24/h3-13,20H,14-19H2,1-2H3,(H,29,31)(H,30,32)/t20-,28+/m0/s1. The Morgan fingerprint density at radius 2 is 1.79 bits per heavy atom. The highest BCUT2D eigenvalue weighted by Gasteiger charge is 2.38. The van der Waals surface area contributed by atoms with E-state index >= 15 is 0 Å². The molecule has 0 radical (unpaired) electrons. The Kier molecular flexibility index (Phi) is 6.97. The van der Waals surface area contributed by atoms with Gasteiger partial charge in [0.15, 0.2) is 0 Å². The zero-order valence-electron chi connectivity index (χ0n) is 19.4. The molecule has 33 heavy (non-hydrogen) atoms. The average Bonchev–Trinajstić information content (AvgIpc) is 3.22. The molecule has 1 aliphatic heterocycles. The summed E-state index contributed by atoms with van der Waals surface area (Å²) in [7, 11) is 1.68. The topological polar surface area (TPSA) is 67.4 Å². The van der Waals surface area contributed by atoms with Gasteiger partial charge in [-0.05, 0) is 47.8 Å². The Balaban J connectivity index is 1.44. The number of carbonyl (C=O) groups is 2. The third-order valence-corrected chi connectivity index (χ3v) is 6.76. The van der Waals surface area contributed by atoms with Crippen LogP contribution in [-0.4, -0.2) is 31.0 Å². The molecule has 1 saturated heterocycles. The van der Waals surface area contributed by atoms with Crippen molar-refractivity contribution in [3.05, 3.63) is 77.9 Å². The van der Waals surface area contributed by atoms with Gasteiger partial charge >= 0.3 is 0 Å². The Morgan fingerprint density at radius 3 is 2.48 bits per heavy atom. The van der Waals surface area contributed by atoms with Gasteiger partial charge in [-0.25, -0.2) is 0 Å². The van der Waals surface area contributed by atoms with Gasteiger partial charge < -0.3 is 15.4 Å². The first-order valence-electron chi connectivity index (χ1n) is 11.7. The first-order valence-corrected chi connectivity index (χ1v) is 11.7. The van der Waals surface area contributed by atoms with Crippen molar-refractivity contribution in [3.8, 4) is 5.75 Å². The van der Waals surface area contributed by atoms with Crippen molar-refractivity contribution in [2.75, 3.05) is 13.7 Å². The molecule has 0 aromatic heterocycles. The van der Waals surface area contributed by atoms with E-state index in [1.165, 1.54) is 5.56 Å². The fourth-order valence-electron chi connectivity index (χ4n) is 4.82. The smallest absolute Gasteiger partial charge is 0.220 e. The van der Waals surface area contributed by atoms with Crippen LogP contribution in [0, 0.1) is 0 Å². The summed E-state index contributed by atoms with van der Waals surface area (Å²) in [6, 6.07) is 22.4. The van der Waals surface area contributed by atoms with Crippen molar-refractivity contribution >= 4 is 22.6 Å². The van der Waals surface area contributed by atoms with Gasteiger partial charge in [0.25, 0.3) is 0 Å². The van der Waals surface area contributed by atoms with Crippen molar-refractivity contribution in [2.24, 2.45) is 0 Å². The van der Waals surface area contributed by atoms with Crippen LogP contribution in [0.5, 0.6) is 5.75 Å². The van der Waals surface area contributed by atoms with Gasteiger partial charge in [0, 0.05) is 30.3 Å². The van der Waals surface area contributed by atoms with Crippen molar-refractivity contribution < 1.29 is 14.3 Å². The van der Waals surface area contributed by atoms with Gasteiger partial charge in [-0.1, -0.05) is 67.6 Å². The summed E-state index contributed by atoms with van der Waals surface area (Å²) < 4.78 is 5.53. The number of methoxy groups -OCH3 is 1. The maximum Gasteiger partial charge on any atom is 0.220 e. The van der Waals surface area contributed by atoms with Gasteiger partial charge in [0.1, 0.15) is 5.75 Å². The number of hydrogen-bond donors (Lipinski definition) is 2. The molecule has 1 heterocycles. The van der Waals surface area contributed by atoms with Gasteiger partial charge in [-0.15, -0.1) is 0 Å². The number of hydrogen-bond acceptors (Lipinski definition) is 3. The molecule has 3 aromatic rings. The summed E-state index contributed by atoms with van der Waals surface area (Å²) in [5.74, 6) is 1.18. The lowest BCUT2D eigenvalue weighted by Gasteiger charge is -2.30. The average molecular weight is 445 g/mol. The Hall–Kier alpha value is -3.34. The van der Waals surface area contributed by atoms with Crippen molar-refractivity contribution in [2.45, 2.75) is 50.5 Å². The second-order valence-corrected chi connectivity index (χ2v) is 9.09. The fraction of sp³-hybridized carbons (Fsp3) is 0.357. The Labute approximate surface area is 195 Å². The molecule has 5 heteroatoms. The third kappa shape index (κ3) is 5.36. The van der Waals surface area contributed by atoms with E-state index < -0.39 is 5.54 Å². The molecule has 2 amide bonds. The van der Waals surface area contributed by atoms with Crippen LogP contribution in [0.1, 0.15) is 49.7 Å². The quantitative estimate of drug-likeness (QED) is 0.501. The van der Waals surface area contributed by atoms with E-state index in [0.717, 1.165) is 28.5 Å². The van der Waals surface area contributed by atoms with E-state index in [4.69, 9.17) is 4.74 Å². The van der Waals surface area contributed by atoms with Gasteiger partial charge in [0.2, 0.25) is 11.8 Å². The second kappa shape index (κ2) is 10.1. The highest BCUT2D eigenvalue weighted by molar-refractivity contribution is 5.91. The molecule has 2 atom stereocenters. The molecule has 1 aliphatic rings. The number of amides is 2. The molecular weight excluding hydrogens is 412 g/mol. The van der Waals surface area contributed by atoms with Crippen molar-refractivity contribution in [3.63, 3.8) is 0 Å². The molecule has 0 aliphatic carbocycles. The summed E-state index contributed by atoms with van der Waals surface area (Å²) in [5.41, 5.74) is 1.96. The van der Waals surface area contributed by atoms with E-state index in [0.29, 0.717) is 32.2 Å². The van der Waals surface area contributed by atoms with Crippen LogP contribution < -0.4 is 15.4 Å². The second-order valence-electron chi connectivity index (χ2n) is 9.09. The predicted octanol–water partition coefficient (Wildman–Crippen LogP) is 4.74. The molecule has 3 aromatic carbocycles. The normalized spacial score (nSPS) is 18.7.